The van der Waals surface area contributed by atoms with Gasteiger partial charge in [0.2, 0.25) is 11.6 Å². The number of aryl methyl sites for hydroxylation is 1. The zero-order valence-corrected chi connectivity index (χ0v) is 14.2. The van der Waals surface area contributed by atoms with Crippen LogP contribution in [0.5, 0.6) is 0 Å². The molecule has 1 amide bonds. The number of carbonyl (C=O) groups is 1. The van der Waals surface area contributed by atoms with E-state index in [2.05, 4.69) is 10.3 Å². The standard InChI is InChI=1S/C16H21N5O3/c1-5-20-11(2)18-14(21(23)24)16(20)19(4)10-12-6-8-13(9-7-12)15(22)17-3/h6-9H,5,10H2,1-4H3,(H,17,22). The molecule has 1 aromatic heterocycles. The summed E-state index contributed by atoms with van der Waals surface area (Å²) in [6.45, 7) is 4.75. The van der Waals surface area contributed by atoms with Crippen molar-refractivity contribution in [2.24, 2.45) is 0 Å². The Bertz CT molecular complexity index is 752. The summed E-state index contributed by atoms with van der Waals surface area (Å²) >= 11 is 0. The van der Waals surface area contributed by atoms with Gasteiger partial charge in [0, 0.05) is 39.7 Å². The zero-order chi connectivity index (χ0) is 17.9. The number of imidazole rings is 1. The molecule has 0 unspecified atom stereocenters. The van der Waals surface area contributed by atoms with Gasteiger partial charge in [-0.2, -0.15) is 0 Å². The van der Waals surface area contributed by atoms with Crippen molar-refractivity contribution in [3.8, 4) is 0 Å². The van der Waals surface area contributed by atoms with Crippen LogP contribution in [-0.4, -0.2) is 34.5 Å². The van der Waals surface area contributed by atoms with E-state index in [1.54, 1.807) is 38.1 Å². The highest BCUT2D eigenvalue weighted by atomic mass is 16.6. The predicted octanol–water partition coefficient (Wildman–Crippen LogP) is 2.12. The van der Waals surface area contributed by atoms with Gasteiger partial charge in [-0.3, -0.25) is 9.36 Å². The van der Waals surface area contributed by atoms with E-state index in [4.69, 9.17) is 0 Å². The molecule has 0 bridgehead atoms. The summed E-state index contributed by atoms with van der Waals surface area (Å²) in [7, 11) is 3.37. The maximum absolute atomic E-state index is 11.6. The second kappa shape index (κ2) is 7.12. The molecule has 0 saturated carbocycles. The number of anilines is 1. The lowest BCUT2D eigenvalue weighted by Crippen LogP contribution is -2.21. The molecule has 0 aliphatic heterocycles. The van der Waals surface area contributed by atoms with Crippen LogP contribution >= 0.6 is 0 Å². The smallest absolute Gasteiger partial charge is 0.358 e. The lowest BCUT2D eigenvalue weighted by atomic mass is 10.1. The highest BCUT2D eigenvalue weighted by Crippen LogP contribution is 2.29. The molecule has 0 atom stereocenters. The number of benzene rings is 1. The second-order valence-electron chi connectivity index (χ2n) is 5.44. The van der Waals surface area contributed by atoms with E-state index >= 15 is 0 Å². The minimum Gasteiger partial charge on any atom is -0.358 e. The van der Waals surface area contributed by atoms with Crippen molar-refractivity contribution in [1.82, 2.24) is 14.9 Å². The Labute approximate surface area is 140 Å². The third kappa shape index (κ3) is 3.37. The van der Waals surface area contributed by atoms with E-state index in [-0.39, 0.29) is 11.7 Å². The maximum atomic E-state index is 11.6. The van der Waals surface area contributed by atoms with Gasteiger partial charge in [0.25, 0.3) is 5.91 Å². The lowest BCUT2D eigenvalue weighted by Gasteiger charge is -2.19. The summed E-state index contributed by atoms with van der Waals surface area (Å²) in [6, 6.07) is 7.15. The van der Waals surface area contributed by atoms with E-state index in [9.17, 15) is 14.9 Å². The van der Waals surface area contributed by atoms with Gasteiger partial charge in [-0.25, -0.2) is 0 Å². The molecule has 0 fully saturated rings. The summed E-state index contributed by atoms with van der Waals surface area (Å²) < 4.78 is 1.82. The van der Waals surface area contributed by atoms with Gasteiger partial charge in [0.15, 0.2) is 0 Å². The average Bonchev–Trinajstić information content (AvgIpc) is 2.91. The average molecular weight is 331 g/mol. The fourth-order valence-corrected chi connectivity index (χ4v) is 2.67. The SMILES string of the molecule is CCn1c(C)nc([N+](=O)[O-])c1N(C)Cc1ccc(C(=O)NC)cc1. The van der Waals surface area contributed by atoms with Crippen LogP contribution in [0, 0.1) is 17.0 Å². The van der Waals surface area contributed by atoms with Gasteiger partial charge < -0.3 is 20.3 Å². The van der Waals surface area contributed by atoms with Crippen LogP contribution in [0.1, 0.15) is 28.7 Å². The quantitative estimate of drug-likeness (QED) is 0.646. The maximum Gasteiger partial charge on any atom is 0.406 e. The number of carbonyl (C=O) groups excluding carboxylic acids is 1. The molecule has 2 aromatic rings. The van der Waals surface area contributed by atoms with Crippen LogP contribution in [0.25, 0.3) is 0 Å². The molecule has 1 aromatic carbocycles. The van der Waals surface area contributed by atoms with Crippen LogP contribution in [0.4, 0.5) is 11.6 Å². The van der Waals surface area contributed by atoms with Gasteiger partial charge in [0.1, 0.15) is 0 Å². The number of nitro groups is 1. The molecule has 2 rings (SSSR count). The molecule has 8 nitrogen and oxygen atoms in total. The van der Waals surface area contributed by atoms with Crippen molar-refractivity contribution in [2.45, 2.75) is 26.9 Å². The van der Waals surface area contributed by atoms with Gasteiger partial charge >= 0.3 is 5.82 Å². The minimum absolute atomic E-state index is 0.140. The Morgan fingerprint density at radius 1 is 1.38 bits per heavy atom. The predicted molar refractivity (Wildman–Crippen MR) is 91.2 cm³/mol. The summed E-state index contributed by atoms with van der Waals surface area (Å²) in [5, 5.41) is 13.8. The molecule has 1 heterocycles. The van der Waals surface area contributed by atoms with Crippen molar-refractivity contribution in [1.29, 1.82) is 0 Å². The highest BCUT2D eigenvalue weighted by molar-refractivity contribution is 5.93. The van der Waals surface area contributed by atoms with Gasteiger partial charge in [-0.15, -0.1) is 0 Å². The first-order valence-electron chi connectivity index (χ1n) is 7.62. The highest BCUT2D eigenvalue weighted by Gasteiger charge is 2.27. The normalized spacial score (nSPS) is 10.5. The largest absolute Gasteiger partial charge is 0.406 e. The summed E-state index contributed by atoms with van der Waals surface area (Å²) in [5.74, 6) is 0.806. The number of hydrogen-bond donors (Lipinski definition) is 1. The Kier molecular flexibility index (Phi) is 5.18. The van der Waals surface area contributed by atoms with Crippen molar-refractivity contribution >= 4 is 17.5 Å². The van der Waals surface area contributed by atoms with Crippen LogP contribution in [0.2, 0.25) is 0 Å². The van der Waals surface area contributed by atoms with Crippen molar-refractivity contribution < 1.29 is 9.72 Å². The summed E-state index contributed by atoms with van der Waals surface area (Å²) in [5.41, 5.74) is 1.52. The molecule has 0 saturated heterocycles. The van der Waals surface area contributed by atoms with Crippen molar-refractivity contribution in [3.05, 3.63) is 51.3 Å². The molecule has 0 aliphatic carbocycles. The molecule has 0 radical (unpaired) electrons. The Morgan fingerprint density at radius 2 is 2.00 bits per heavy atom. The summed E-state index contributed by atoms with van der Waals surface area (Å²) in [6.07, 6.45) is 0. The van der Waals surface area contributed by atoms with E-state index in [1.165, 1.54) is 0 Å². The van der Waals surface area contributed by atoms with E-state index in [0.29, 0.717) is 30.3 Å². The van der Waals surface area contributed by atoms with Crippen molar-refractivity contribution in [2.75, 3.05) is 19.0 Å². The van der Waals surface area contributed by atoms with Crippen LogP contribution in [0.3, 0.4) is 0 Å². The van der Waals surface area contributed by atoms with Crippen LogP contribution in [-0.2, 0) is 13.1 Å². The van der Waals surface area contributed by atoms with Crippen LogP contribution in [0.15, 0.2) is 24.3 Å². The lowest BCUT2D eigenvalue weighted by molar-refractivity contribution is -0.388. The number of aromatic nitrogens is 2. The first-order valence-corrected chi connectivity index (χ1v) is 7.62. The van der Waals surface area contributed by atoms with E-state index in [0.717, 1.165) is 5.56 Å². The molecule has 24 heavy (non-hydrogen) atoms. The van der Waals surface area contributed by atoms with Crippen LogP contribution < -0.4 is 10.2 Å². The molecule has 8 heteroatoms. The van der Waals surface area contributed by atoms with Gasteiger partial charge in [-0.05, 0) is 34.5 Å². The number of amides is 1. The summed E-state index contributed by atoms with van der Waals surface area (Å²) in [4.78, 5) is 28.2. The van der Waals surface area contributed by atoms with Gasteiger partial charge in [0.05, 0.1) is 0 Å². The van der Waals surface area contributed by atoms with Crippen molar-refractivity contribution in [3.63, 3.8) is 0 Å². The second-order valence-corrected chi connectivity index (χ2v) is 5.44. The number of nitrogens with zero attached hydrogens (tertiary/aromatic N) is 4. The van der Waals surface area contributed by atoms with Gasteiger partial charge in [-0.1, -0.05) is 12.1 Å². The Balaban J connectivity index is 2.28. The minimum atomic E-state index is -0.459. The first kappa shape index (κ1) is 17.5. The third-order valence-electron chi connectivity index (χ3n) is 3.83. The third-order valence-corrected chi connectivity index (χ3v) is 3.83. The Hall–Kier alpha value is -2.90. The first-order chi connectivity index (χ1) is 11.4. The molecular formula is C16H21N5O3. The molecule has 0 spiro atoms. The number of nitrogens with one attached hydrogen (secondary N) is 1. The fraction of sp³-hybridized carbons (Fsp3) is 0.375. The Morgan fingerprint density at radius 3 is 2.50 bits per heavy atom. The molecule has 1 N–H and O–H groups in total. The molecule has 0 aliphatic rings. The number of rotatable bonds is 6. The van der Waals surface area contributed by atoms with E-state index < -0.39 is 4.92 Å². The molecular weight excluding hydrogens is 310 g/mol. The fourth-order valence-electron chi connectivity index (χ4n) is 2.67. The molecule has 128 valence electrons. The van der Waals surface area contributed by atoms with E-state index in [1.807, 2.05) is 23.6 Å². The number of hydrogen-bond acceptors (Lipinski definition) is 5. The topological polar surface area (TPSA) is 93.3 Å². The monoisotopic (exact) mass is 331 g/mol. The zero-order valence-electron chi connectivity index (χ0n) is 14.2.